The third-order valence-corrected chi connectivity index (χ3v) is 8.57. The van der Waals surface area contributed by atoms with Crippen LogP contribution in [0.4, 0.5) is 27.6 Å². The van der Waals surface area contributed by atoms with Crippen molar-refractivity contribution < 1.29 is 35.5 Å². The summed E-state index contributed by atoms with van der Waals surface area (Å²) in [6, 6.07) is 8.95. The molecule has 1 aliphatic heterocycles. The molecule has 3 aromatic rings. The molecule has 1 N–H and O–H groups in total. The summed E-state index contributed by atoms with van der Waals surface area (Å²) in [4.78, 5) is 8.36. The number of pyridine rings is 1. The molecule has 1 unspecified atom stereocenters. The second-order valence-corrected chi connectivity index (χ2v) is 11.6. The van der Waals surface area contributed by atoms with Gasteiger partial charge >= 0.3 is 12.1 Å². The zero-order valence-corrected chi connectivity index (χ0v) is 20.9. The summed E-state index contributed by atoms with van der Waals surface area (Å²) in [5, 5.41) is 16.9. The van der Waals surface area contributed by atoms with Crippen molar-refractivity contribution in [2.75, 3.05) is 5.75 Å². The summed E-state index contributed by atoms with van der Waals surface area (Å²) in [5.74, 6) is -6.28. The summed E-state index contributed by atoms with van der Waals surface area (Å²) < 4.78 is 92.3. The monoisotopic (exact) mass is 552 g/mol. The Bertz CT molecular complexity index is 1570. The number of aliphatic imine (C=N–C) groups is 1. The smallest absolute Gasteiger partial charge is 0.385 e. The van der Waals surface area contributed by atoms with E-state index in [4.69, 9.17) is 0 Å². The molecule has 1 saturated carbocycles. The maximum absolute atomic E-state index is 13.8. The Morgan fingerprint density at radius 2 is 1.68 bits per heavy atom. The van der Waals surface area contributed by atoms with Gasteiger partial charge in [-0.1, -0.05) is 38.1 Å². The standard InChI is InChI=1S/C25H21F5N4O3S/c1-3-38(36,37)18-10-15(14-4-6-16(7-5-14)23(35)8-9-23)12-31-22(18)21-13(2)20-17(32-21)11-19(33-34-20)24(26,27)25(28,29)30/h4-7,10-13,35H,3,8-9H2,1-2H3. The van der Waals surface area contributed by atoms with E-state index < -0.39 is 39.1 Å². The van der Waals surface area contributed by atoms with E-state index >= 15 is 0 Å². The highest BCUT2D eigenvalue weighted by atomic mass is 32.2. The van der Waals surface area contributed by atoms with Gasteiger partial charge in [0.25, 0.3) is 0 Å². The van der Waals surface area contributed by atoms with Gasteiger partial charge in [0.15, 0.2) is 9.84 Å². The zero-order chi connectivity index (χ0) is 27.7. The van der Waals surface area contributed by atoms with Crippen LogP contribution in [0.15, 0.2) is 52.5 Å². The van der Waals surface area contributed by atoms with Gasteiger partial charge in [-0.15, -0.1) is 5.10 Å². The number of hydrogen-bond donors (Lipinski definition) is 1. The summed E-state index contributed by atoms with van der Waals surface area (Å²) >= 11 is 0. The van der Waals surface area contributed by atoms with Gasteiger partial charge in [-0.25, -0.2) is 13.4 Å². The summed E-state index contributed by atoms with van der Waals surface area (Å²) in [7, 11) is -3.87. The average Bonchev–Trinajstić information content (AvgIpc) is 3.55. The van der Waals surface area contributed by atoms with Crippen molar-refractivity contribution in [3.63, 3.8) is 0 Å². The van der Waals surface area contributed by atoms with Gasteiger partial charge < -0.3 is 5.11 Å². The predicted molar refractivity (Wildman–Crippen MR) is 127 cm³/mol. The topological polar surface area (TPSA) is 105 Å². The molecular weight excluding hydrogens is 531 g/mol. The van der Waals surface area contributed by atoms with Crippen molar-refractivity contribution in [1.82, 2.24) is 15.2 Å². The number of halogens is 5. The molecule has 200 valence electrons. The lowest BCUT2D eigenvalue weighted by Gasteiger charge is -2.18. The highest BCUT2D eigenvalue weighted by molar-refractivity contribution is 7.91. The Hall–Kier alpha value is -3.32. The van der Waals surface area contributed by atoms with Crippen molar-refractivity contribution >= 4 is 21.2 Å². The SMILES string of the molecule is CCS(=O)(=O)c1cc(-c2ccc(C3(O)CC3)cc2)cnc1C1=Nc2cc(C(F)(F)C(F)(F)F)nnc2C1C. The Morgan fingerprint density at radius 1 is 1.03 bits per heavy atom. The van der Waals surface area contributed by atoms with Crippen molar-refractivity contribution in [2.24, 2.45) is 4.99 Å². The van der Waals surface area contributed by atoms with Crippen LogP contribution in [0, 0.1) is 0 Å². The molecule has 0 amide bonds. The summed E-state index contributed by atoms with van der Waals surface area (Å²) in [6.45, 7) is 3.00. The first-order valence-electron chi connectivity index (χ1n) is 11.7. The molecule has 2 aliphatic rings. The van der Waals surface area contributed by atoms with Crippen LogP contribution in [0.5, 0.6) is 0 Å². The molecule has 0 saturated heterocycles. The van der Waals surface area contributed by atoms with E-state index in [0.717, 1.165) is 5.56 Å². The fourth-order valence-corrected chi connectivity index (χ4v) is 5.34. The van der Waals surface area contributed by atoms with Gasteiger partial charge in [0, 0.05) is 17.7 Å². The fraction of sp³-hybridized carbons (Fsp3) is 0.360. The lowest BCUT2D eigenvalue weighted by molar-refractivity contribution is -0.291. The Morgan fingerprint density at radius 3 is 2.26 bits per heavy atom. The lowest BCUT2D eigenvalue weighted by atomic mass is 9.98. The van der Waals surface area contributed by atoms with Crippen LogP contribution >= 0.6 is 0 Å². The maximum atomic E-state index is 13.8. The number of alkyl halides is 5. The molecule has 1 atom stereocenters. The van der Waals surface area contributed by atoms with Crippen molar-refractivity contribution in [2.45, 2.75) is 55.2 Å². The van der Waals surface area contributed by atoms with Crippen LogP contribution in [0.25, 0.3) is 11.1 Å². The molecule has 38 heavy (non-hydrogen) atoms. The third kappa shape index (κ3) is 4.27. The first kappa shape index (κ1) is 26.3. The van der Waals surface area contributed by atoms with Crippen LogP contribution in [-0.2, 0) is 21.4 Å². The maximum Gasteiger partial charge on any atom is 0.459 e. The van der Waals surface area contributed by atoms with Crippen LogP contribution in [0.1, 0.15) is 55.3 Å². The Labute approximate surface area is 214 Å². The molecular formula is C25H21F5N4O3S. The molecule has 1 aromatic carbocycles. The quantitative estimate of drug-likeness (QED) is 0.421. The second-order valence-electron chi connectivity index (χ2n) is 9.37. The van der Waals surface area contributed by atoms with Gasteiger partial charge in [-0.2, -0.15) is 27.1 Å². The molecule has 7 nitrogen and oxygen atoms in total. The third-order valence-electron chi connectivity index (χ3n) is 6.83. The first-order chi connectivity index (χ1) is 17.7. The molecule has 1 aliphatic carbocycles. The zero-order valence-electron chi connectivity index (χ0n) is 20.1. The molecule has 0 radical (unpaired) electrons. The highest BCUT2D eigenvalue weighted by Gasteiger charge is 2.60. The highest BCUT2D eigenvalue weighted by Crippen LogP contribution is 2.47. The lowest BCUT2D eigenvalue weighted by Crippen LogP contribution is -2.34. The number of nitrogens with zero attached hydrogens (tertiary/aromatic N) is 4. The number of aliphatic hydroxyl groups is 1. The van der Waals surface area contributed by atoms with E-state index in [0.29, 0.717) is 30.0 Å². The van der Waals surface area contributed by atoms with Crippen molar-refractivity contribution in [3.8, 4) is 11.1 Å². The van der Waals surface area contributed by atoms with Crippen molar-refractivity contribution in [1.29, 1.82) is 0 Å². The number of aromatic nitrogens is 3. The molecule has 0 bridgehead atoms. The van der Waals surface area contributed by atoms with Crippen LogP contribution in [0.2, 0.25) is 0 Å². The van der Waals surface area contributed by atoms with Gasteiger partial charge in [-0.3, -0.25) is 4.98 Å². The van der Waals surface area contributed by atoms with E-state index in [1.165, 1.54) is 19.2 Å². The molecule has 0 spiro atoms. The molecule has 5 rings (SSSR count). The predicted octanol–water partition coefficient (Wildman–Crippen LogP) is 5.21. The Balaban J connectivity index is 1.58. The minimum absolute atomic E-state index is 0.0287. The average molecular weight is 553 g/mol. The molecule has 3 heterocycles. The van der Waals surface area contributed by atoms with Gasteiger partial charge in [0.05, 0.1) is 33.3 Å². The number of fused-ring (bicyclic) bond motifs is 1. The first-order valence-corrected chi connectivity index (χ1v) is 13.3. The Kier molecular flexibility index (Phi) is 5.95. The van der Waals surface area contributed by atoms with Crippen molar-refractivity contribution in [3.05, 3.63) is 65.2 Å². The van der Waals surface area contributed by atoms with E-state index in [2.05, 4.69) is 20.2 Å². The van der Waals surface area contributed by atoms with Gasteiger partial charge in [0.1, 0.15) is 11.4 Å². The largest absolute Gasteiger partial charge is 0.459 e. The van der Waals surface area contributed by atoms with E-state index in [1.807, 2.05) is 0 Å². The van der Waals surface area contributed by atoms with Crippen LogP contribution in [0.3, 0.4) is 0 Å². The van der Waals surface area contributed by atoms with Gasteiger partial charge in [0.2, 0.25) is 0 Å². The van der Waals surface area contributed by atoms with E-state index in [9.17, 15) is 35.5 Å². The number of benzene rings is 1. The van der Waals surface area contributed by atoms with E-state index in [1.54, 1.807) is 31.2 Å². The number of sulfone groups is 1. The van der Waals surface area contributed by atoms with Gasteiger partial charge in [-0.05, 0) is 36.1 Å². The molecule has 1 fully saturated rings. The number of hydrogen-bond acceptors (Lipinski definition) is 7. The minimum Gasteiger partial charge on any atom is -0.385 e. The molecule has 2 aromatic heterocycles. The van der Waals surface area contributed by atoms with Crippen LogP contribution < -0.4 is 0 Å². The minimum atomic E-state index is -5.87. The van der Waals surface area contributed by atoms with E-state index in [-0.39, 0.29) is 33.4 Å². The summed E-state index contributed by atoms with van der Waals surface area (Å²) in [5.41, 5.74) is -0.760. The second kappa shape index (κ2) is 8.60. The summed E-state index contributed by atoms with van der Waals surface area (Å²) in [6.07, 6.45) is -3.10. The normalized spacial score (nSPS) is 18.7. The molecule has 13 heteroatoms. The van der Waals surface area contributed by atoms with Crippen LogP contribution in [-0.4, -0.2) is 46.3 Å². The fourth-order valence-electron chi connectivity index (χ4n) is 4.27. The number of rotatable bonds is 6.